The highest BCUT2D eigenvalue weighted by atomic mass is 16.3. The number of rotatable bonds is 8. The summed E-state index contributed by atoms with van der Waals surface area (Å²) in [5.74, 6) is 0.527. The van der Waals surface area contributed by atoms with Crippen molar-refractivity contribution in [1.82, 2.24) is 19.4 Å². The molecule has 0 unspecified atom stereocenters. The zero-order chi connectivity index (χ0) is 29.7. The molecule has 2 atom stereocenters. The SMILES string of the molecule is CCc1cc(O)ccc1N=C(N)c1cnn2cc(-c3cnn(CC(C)(C)O)c3)cc2c1N[C@@H]1CC[C@](C)(N)C1(C)C. The molecule has 0 amide bonds. The van der Waals surface area contributed by atoms with Crippen LogP contribution in [-0.4, -0.2) is 52.6 Å². The second-order valence-corrected chi connectivity index (χ2v) is 12.8. The van der Waals surface area contributed by atoms with Gasteiger partial charge in [0.1, 0.15) is 11.6 Å². The van der Waals surface area contributed by atoms with Crippen molar-refractivity contribution in [3.63, 3.8) is 0 Å². The molecule has 1 aliphatic rings. The van der Waals surface area contributed by atoms with Crippen molar-refractivity contribution < 1.29 is 10.2 Å². The number of hydrogen-bond acceptors (Lipinski definition) is 7. The minimum absolute atomic E-state index is 0.100. The summed E-state index contributed by atoms with van der Waals surface area (Å²) in [6.45, 7) is 12.4. The predicted octanol–water partition coefficient (Wildman–Crippen LogP) is 4.59. The molecule has 4 aromatic rings. The second-order valence-electron chi connectivity index (χ2n) is 12.8. The second kappa shape index (κ2) is 10.2. The van der Waals surface area contributed by atoms with Crippen LogP contribution in [0, 0.1) is 5.41 Å². The van der Waals surface area contributed by atoms with Crippen molar-refractivity contribution in [2.24, 2.45) is 21.9 Å². The maximum atomic E-state index is 10.2. The van der Waals surface area contributed by atoms with Gasteiger partial charge in [-0.2, -0.15) is 10.2 Å². The molecular weight excluding hydrogens is 516 g/mol. The largest absolute Gasteiger partial charge is 0.508 e. The van der Waals surface area contributed by atoms with E-state index in [2.05, 4.69) is 37.3 Å². The van der Waals surface area contributed by atoms with Crippen LogP contribution in [0.2, 0.25) is 0 Å². The van der Waals surface area contributed by atoms with Crippen LogP contribution < -0.4 is 16.8 Å². The van der Waals surface area contributed by atoms with E-state index < -0.39 is 5.60 Å². The molecule has 1 saturated carbocycles. The van der Waals surface area contributed by atoms with Crippen LogP contribution in [0.25, 0.3) is 16.6 Å². The van der Waals surface area contributed by atoms with Gasteiger partial charge in [0.25, 0.3) is 0 Å². The monoisotopic (exact) mass is 558 g/mol. The van der Waals surface area contributed by atoms with Crippen LogP contribution in [0.3, 0.4) is 0 Å². The number of aromatic hydroxyl groups is 1. The first kappa shape index (κ1) is 28.6. The molecule has 5 rings (SSSR count). The highest BCUT2D eigenvalue weighted by Gasteiger charge is 2.49. The van der Waals surface area contributed by atoms with Gasteiger partial charge in [-0.15, -0.1) is 0 Å². The van der Waals surface area contributed by atoms with Crippen molar-refractivity contribution >= 4 is 22.7 Å². The Morgan fingerprint density at radius 1 is 1.15 bits per heavy atom. The minimum Gasteiger partial charge on any atom is -0.508 e. The van der Waals surface area contributed by atoms with Crippen molar-refractivity contribution in [1.29, 1.82) is 0 Å². The molecule has 7 N–H and O–H groups in total. The quantitative estimate of drug-likeness (QED) is 0.157. The van der Waals surface area contributed by atoms with Crippen LogP contribution in [0.15, 0.2) is 54.0 Å². The zero-order valence-corrected chi connectivity index (χ0v) is 24.8. The maximum absolute atomic E-state index is 10.2. The lowest BCUT2D eigenvalue weighted by molar-refractivity contribution is 0.0577. The molecule has 0 bridgehead atoms. The number of phenolic OH excluding ortho intramolecular Hbond substituents is 1. The average Bonchev–Trinajstić information content (AvgIpc) is 3.57. The Hall–Kier alpha value is -3.89. The molecule has 0 saturated heterocycles. The Balaban J connectivity index is 1.62. The number of aryl methyl sites for hydroxylation is 1. The summed E-state index contributed by atoms with van der Waals surface area (Å²) >= 11 is 0. The molecule has 10 nitrogen and oxygen atoms in total. The number of phenols is 1. The van der Waals surface area contributed by atoms with E-state index >= 15 is 0 Å². The molecule has 218 valence electrons. The summed E-state index contributed by atoms with van der Waals surface area (Å²) in [6, 6.07) is 7.28. The summed E-state index contributed by atoms with van der Waals surface area (Å²) in [5.41, 5.74) is 17.9. The van der Waals surface area contributed by atoms with Crippen LogP contribution in [-0.2, 0) is 13.0 Å². The van der Waals surface area contributed by atoms with E-state index in [0.717, 1.165) is 40.7 Å². The smallest absolute Gasteiger partial charge is 0.135 e. The molecule has 1 fully saturated rings. The van der Waals surface area contributed by atoms with E-state index in [0.29, 0.717) is 30.1 Å². The van der Waals surface area contributed by atoms with Crippen molar-refractivity contribution in [3.8, 4) is 16.9 Å². The first-order valence-electron chi connectivity index (χ1n) is 14.2. The average molecular weight is 559 g/mol. The number of aromatic nitrogens is 4. The lowest BCUT2D eigenvalue weighted by Gasteiger charge is -2.39. The third-order valence-electron chi connectivity index (χ3n) is 8.73. The fraction of sp³-hybridized carbons (Fsp3) is 0.452. The van der Waals surface area contributed by atoms with Gasteiger partial charge >= 0.3 is 0 Å². The zero-order valence-electron chi connectivity index (χ0n) is 24.8. The van der Waals surface area contributed by atoms with Crippen LogP contribution in [0.1, 0.15) is 65.5 Å². The molecule has 1 aliphatic carbocycles. The van der Waals surface area contributed by atoms with Gasteiger partial charge in [0.05, 0.1) is 47.0 Å². The molecule has 0 aliphatic heterocycles. The van der Waals surface area contributed by atoms with Gasteiger partial charge in [0, 0.05) is 40.5 Å². The van der Waals surface area contributed by atoms with Crippen LogP contribution >= 0.6 is 0 Å². The van der Waals surface area contributed by atoms with Gasteiger partial charge in [-0.05, 0) is 69.9 Å². The number of anilines is 1. The lowest BCUT2D eigenvalue weighted by Crippen LogP contribution is -2.51. The Morgan fingerprint density at radius 3 is 2.56 bits per heavy atom. The van der Waals surface area contributed by atoms with E-state index in [-0.39, 0.29) is 22.7 Å². The van der Waals surface area contributed by atoms with E-state index in [1.165, 1.54) is 0 Å². The third-order valence-corrected chi connectivity index (χ3v) is 8.73. The third kappa shape index (κ3) is 5.54. The highest BCUT2D eigenvalue weighted by molar-refractivity contribution is 6.06. The van der Waals surface area contributed by atoms with Gasteiger partial charge in [0.15, 0.2) is 0 Å². The Labute approximate surface area is 241 Å². The fourth-order valence-electron chi connectivity index (χ4n) is 5.66. The predicted molar refractivity (Wildman–Crippen MR) is 164 cm³/mol. The van der Waals surface area contributed by atoms with Gasteiger partial charge in [-0.25, -0.2) is 9.51 Å². The van der Waals surface area contributed by atoms with E-state index in [1.807, 2.05) is 23.8 Å². The number of nitrogens with zero attached hydrogens (tertiary/aromatic N) is 5. The highest BCUT2D eigenvalue weighted by Crippen LogP contribution is 2.46. The molecule has 0 radical (unpaired) electrons. The Morgan fingerprint density at radius 2 is 1.90 bits per heavy atom. The van der Waals surface area contributed by atoms with Gasteiger partial charge in [-0.1, -0.05) is 20.8 Å². The number of benzene rings is 1. The number of nitrogens with one attached hydrogen (secondary N) is 1. The van der Waals surface area contributed by atoms with E-state index in [9.17, 15) is 10.2 Å². The van der Waals surface area contributed by atoms with Crippen molar-refractivity contribution in [2.45, 2.75) is 84.5 Å². The molecular formula is C31H42N8O2. The van der Waals surface area contributed by atoms with Crippen molar-refractivity contribution in [2.75, 3.05) is 5.32 Å². The molecule has 1 aromatic carbocycles. The van der Waals surface area contributed by atoms with Gasteiger partial charge in [-0.3, -0.25) is 4.68 Å². The molecule has 0 spiro atoms. The number of amidine groups is 1. The number of fused-ring (bicyclic) bond motifs is 1. The van der Waals surface area contributed by atoms with Gasteiger partial charge in [0.2, 0.25) is 0 Å². The first-order valence-corrected chi connectivity index (χ1v) is 14.2. The van der Waals surface area contributed by atoms with E-state index in [4.69, 9.17) is 21.6 Å². The summed E-state index contributed by atoms with van der Waals surface area (Å²) in [7, 11) is 0. The lowest BCUT2D eigenvalue weighted by atomic mass is 9.75. The number of aliphatic imine (C=N–C) groups is 1. The summed E-state index contributed by atoms with van der Waals surface area (Å²) in [6.07, 6.45) is 9.95. The molecule has 41 heavy (non-hydrogen) atoms. The fourth-order valence-corrected chi connectivity index (χ4v) is 5.66. The van der Waals surface area contributed by atoms with Crippen molar-refractivity contribution in [3.05, 3.63) is 60.2 Å². The topological polar surface area (TPSA) is 152 Å². The normalized spacial score (nSPS) is 21.1. The Bertz CT molecular complexity index is 1610. The minimum atomic E-state index is -0.875. The molecule has 3 aromatic heterocycles. The number of hydrogen-bond donors (Lipinski definition) is 5. The first-order chi connectivity index (χ1) is 19.2. The maximum Gasteiger partial charge on any atom is 0.135 e. The number of nitrogens with two attached hydrogens (primary N) is 2. The summed E-state index contributed by atoms with van der Waals surface area (Å²) in [4.78, 5) is 4.78. The standard InChI is InChI=1S/C31H42N8O2/c1-7-19-12-22(40)8-9-24(19)36-28(32)23-15-35-39-17-20(21-14-34-38(16-21)18-29(2,3)41)13-25(39)27(23)37-26-10-11-31(6,33)30(26,4)5/h8-9,12-17,26,37,40-41H,7,10-11,18,33H2,1-6H3,(H2,32,36)/t26-,31+/m1/s1. The van der Waals surface area contributed by atoms with Gasteiger partial charge < -0.3 is 27.0 Å². The summed E-state index contributed by atoms with van der Waals surface area (Å²) < 4.78 is 3.58. The van der Waals surface area contributed by atoms with E-state index in [1.54, 1.807) is 49.1 Å². The number of aliphatic hydroxyl groups is 1. The van der Waals surface area contributed by atoms with Crippen LogP contribution in [0.4, 0.5) is 11.4 Å². The Kier molecular flexibility index (Phi) is 7.11. The summed E-state index contributed by atoms with van der Waals surface area (Å²) in [5, 5.41) is 33.1. The molecule has 3 heterocycles. The molecule has 10 heteroatoms. The van der Waals surface area contributed by atoms with Crippen LogP contribution in [0.5, 0.6) is 5.75 Å².